The highest BCUT2D eigenvalue weighted by molar-refractivity contribution is 7.92. The van der Waals surface area contributed by atoms with Crippen molar-refractivity contribution in [3.05, 3.63) is 71.2 Å². The first-order chi connectivity index (χ1) is 22.6. The molecule has 0 unspecified atom stereocenters. The summed E-state index contributed by atoms with van der Waals surface area (Å²) in [6, 6.07) is 15.0. The Balaban J connectivity index is 1.81. The van der Waals surface area contributed by atoms with Gasteiger partial charge in [0.1, 0.15) is 24.1 Å². The standard InChI is InChI=1S/C34H42ClN3O8S/c1-6-28(34(40)36-25-9-7-8-10-25)37(21-23-11-13-24(35)14-12-23)33(39)22-38(29-19-26(43-2)15-17-30(29)44-3)47(41,42)27-16-18-31(45-4)32(20-27)46-5/h11-20,25,28H,6-10,21-22H2,1-5H3,(H,36,40)/t28-/m0/s1. The predicted molar refractivity (Wildman–Crippen MR) is 180 cm³/mol. The van der Waals surface area contributed by atoms with Gasteiger partial charge in [0.15, 0.2) is 11.5 Å². The van der Waals surface area contributed by atoms with Crippen molar-refractivity contribution in [2.75, 3.05) is 39.3 Å². The van der Waals surface area contributed by atoms with Crippen LogP contribution in [0, 0.1) is 0 Å². The van der Waals surface area contributed by atoms with E-state index >= 15 is 0 Å². The summed E-state index contributed by atoms with van der Waals surface area (Å²) in [7, 11) is 1.25. The molecule has 4 rings (SSSR count). The molecule has 0 saturated heterocycles. The predicted octanol–water partition coefficient (Wildman–Crippen LogP) is 5.44. The molecule has 0 aromatic heterocycles. The number of halogens is 1. The number of benzene rings is 3. The third kappa shape index (κ3) is 8.41. The molecular formula is C34H42ClN3O8S. The zero-order valence-electron chi connectivity index (χ0n) is 27.3. The molecule has 3 aromatic carbocycles. The molecule has 13 heteroatoms. The Labute approximate surface area is 281 Å². The molecule has 1 aliphatic rings. The van der Waals surface area contributed by atoms with Gasteiger partial charge in [-0.2, -0.15) is 0 Å². The van der Waals surface area contributed by atoms with Crippen LogP contribution in [0.15, 0.2) is 65.6 Å². The van der Waals surface area contributed by atoms with Crippen LogP contribution < -0.4 is 28.6 Å². The Morgan fingerprint density at radius 1 is 0.872 bits per heavy atom. The van der Waals surface area contributed by atoms with Gasteiger partial charge in [0.05, 0.1) is 39.0 Å². The topological polar surface area (TPSA) is 124 Å². The molecule has 0 heterocycles. The van der Waals surface area contributed by atoms with E-state index in [1.165, 1.54) is 57.6 Å². The summed E-state index contributed by atoms with van der Waals surface area (Å²) in [6.45, 7) is 1.22. The first-order valence-electron chi connectivity index (χ1n) is 15.4. The van der Waals surface area contributed by atoms with E-state index in [1.807, 2.05) is 6.92 Å². The number of nitrogens with one attached hydrogen (secondary N) is 1. The molecule has 1 fully saturated rings. The van der Waals surface area contributed by atoms with E-state index in [1.54, 1.807) is 36.4 Å². The Hall–Kier alpha value is -4.16. The first kappa shape index (κ1) is 35.7. The lowest BCUT2D eigenvalue weighted by atomic mass is 10.1. The summed E-state index contributed by atoms with van der Waals surface area (Å²) in [5, 5.41) is 3.63. The van der Waals surface area contributed by atoms with Crippen molar-refractivity contribution in [3.63, 3.8) is 0 Å². The van der Waals surface area contributed by atoms with Crippen LogP contribution in [-0.2, 0) is 26.2 Å². The Bertz CT molecular complexity index is 1650. The fourth-order valence-corrected chi connectivity index (χ4v) is 7.24. The summed E-state index contributed by atoms with van der Waals surface area (Å²) < 4.78 is 51.6. The van der Waals surface area contributed by atoms with Gasteiger partial charge in [0, 0.05) is 29.7 Å². The van der Waals surface area contributed by atoms with Crippen molar-refractivity contribution < 1.29 is 37.0 Å². The fraction of sp³-hybridized carbons (Fsp3) is 0.412. The summed E-state index contributed by atoms with van der Waals surface area (Å²) >= 11 is 6.13. The number of nitrogens with zero attached hydrogens (tertiary/aromatic N) is 2. The smallest absolute Gasteiger partial charge is 0.265 e. The highest BCUT2D eigenvalue weighted by atomic mass is 35.5. The van der Waals surface area contributed by atoms with Crippen LogP contribution in [0.5, 0.6) is 23.0 Å². The van der Waals surface area contributed by atoms with Crippen molar-refractivity contribution in [1.29, 1.82) is 0 Å². The summed E-state index contributed by atoms with van der Waals surface area (Å²) in [5.41, 5.74) is 0.799. The highest BCUT2D eigenvalue weighted by Crippen LogP contribution is 2.38. The molecule has 0 radical (unpaired) electrons. The van der Waals surface area contributed by atoms with Crippen LogP contribution in [0.25, 0.3) is 0 Å². The van der Waals surface area contributed by atoms with Gasteiger partial charge in [-0.3, -0.25) is 13.9 Å². The number of anilines is 1. The second-order valence-electron chi connectivity index (χ2n) is 11.1. The number of carbonyl (C=O) groups excluding carboxylic acids is 2. The molecule has 1 aliphatic carbocycles. The number of rotatable bonds is 15. The lowest BCUT2D eigenvalue weighted by Crippen LogP contribution is -2.53. The average molecular weight is 688 g/mol. The van der Waals surface area contributed by atoms with Crippen LogP contribution in [0.1, 0.15) is 44.6 Å². The highest BCUT2D eigenvalue weighted by Gasteiger charge is 2.36. The van der Waals surface area contributed by atoms with Crippen LogP contribution in [0.3, 0.4) is 0 Å². The van der Waals surface area contributed by atoms with E-state index in [9.17, 15) is 18.0 Å². The molecule has 0 spiro atoms. The summed E-state index contributed by atoms with van der Waals surface area (Å²) in [6.07, 6.45) is 4.12. The number of sulfonamides is 1. The molecule has 47 heavy (non-hydrogen) atoms. The van der Waals surface area contributed by atoms with Gasteiger partial charge in [-0.15, -0.1) is 0 Å². The number of methoxy groups -OCH3 is 4. The van der Waals surface area contributed by atoms with Crippen LogP contribution in [0.4, 0.5) is 5.69 Å². The van der Waals surface area contributed by atoms with E-state index in [2.05, 4.69) is 5.32 Å². The van der Waals surface area contributed by atoms with Crippen LogP contribution >= 0.6 is 11.6 Å². The van der Waals surface area contributed by atoms with Crippen molar-refractivity contribution in [2.24, 2.45) is 0 Å². The van der Waals surface area contributed by atoms with Gasteiger partial charge >= 0.3 is 0 Å². The molecule has 1 saturated carbocycles. The molecule has 1 atom stereocenters. The fourth-order valence-electron chi connectivity index (χ4n) is 5.68. The minimum atomic E-state index is -4.45. The van der Waals surface area contributed by atoms with E-state index in [0.29, 0.717) is 22.9 Å². The normalized spacial score (nSPS) is 13.8. The third-order valence-electron chi connectivity index (χ3n) is 8.23. The van der Waals surface area contributed by atoms with Gasteiger partial charge < -0.3 is 29.2 Å². The van der Waals surface area contributed by atoms with Crippen LogP contribution in [0.2, 0.25) is 5.02 Å². The van der Waals surface area contributed by atoms with Gasteiger partial charge in [0.25, 0.3) is 10.0 Å². The number of hydrogen-bond donors (Lipinski definition) is 1. The number of carbonyl (C=O) groups is 2. The number of amides is 2. The quantitative estimate of drug-likeness (QED) is 0.224. The average Bonchev–Trinajstić information content (AvgIpc) is 3.60. The minimum Gasteiger partial charge on any atom is -0.497 e. The molecule has 11 nitrogen and oxygen atoms in total. The number of hydrogen-bond acceptors (Lipinski definition) is 8. The second kappa shape index (κ2) is 16.1. The molecule has 0 aliphatic heterocycles. The van der Waals surface area contributed by atoms with Crippen molar-refractivity contribution >= 4 is 39.1 Å². The zero-order valence-corrected chi connectivity index (χ0v) is 28.9. The summed E-state index contributed by atoms with van der Waals surface area (Å²) in [5.74, 6) is 0.189. The van der Waals surface area contributed by atoms with Gasteiger partial charge in [-0.05, 0) is 61.2 Å². The van der Waals surface area contributed by atoms with Crippen molar-refractivity contribution in [1.82, 2.24) is 10.2 Å². The zero-order chi connectivity index (χ0) is 34.1. The Morgan fingerprint density at radius 2 is 1.51 bits per heavy atom. The Kier molecular flexibility index (Phi) is 12.2. The van der Waals surface area contributed by atoms with Gasteiger partial charge in [-0.25, -0.2) is 8.42 Å². The van der Waals surface area contributed by atoms with E-state index < -0.39 is 28.5 Å². The second-order valence-corrected chi connectivity index (χ2v) is 13.4. The largest absolute Gasteiger partial charge is 0.497 e. The van der Waals surface area contributed by atoms with Gasteiger partial charge in [-0.1, -0.05) is 43.5 Å². The van der Waals surface area contributed by atoms with Crippen LogP contribution in [-0.4, -0.2) is 72.2 Å². The molecule has 1 N–H and O–H groups in total. The molecule has 2 amide bonds. The molecule has 0 bridgehead atoms. The third-order valence-corrected chi connectivity index (χ3v) is 10.2. The van der Waals surface area contributed by atoms with Gasteiger partial charge in [0.2, 0.25) is 11.8 Å². The monoisotopic (exact) mass is 687 g/mol. The maximum absolute atomic E-state index is 14.5. The lowest BCUT2D eigenvalue weighted by molar-refractivity contribution is -0.140. The maximum atomic E-state index is 14.5. The Morgan fingerprint density at radius 3 is 2.11 bits per heavy atom. The maximum Gasteiger partial charge on any atom is 0.265 e. The molecular weight excluding hydrogens is 646 g/mol. The van der Waals surface area contributed by atoms with E-state index in [-0.39, 0.29) is 40.6 Å². The molecule has 3 aromatic rings. The first-order valence-corrected chi connectivity index (χ1v) is 17.2. The SMILES string of the molecule is CC[C@@H](C(=O)NC1CCCC1)N(Cc1ccc(Cl)cc1)C(=O)CN(c1cc(OC)ccc1OC)S(=O)(=O)c1ccc(OC)c(OC)c1. The lowest BCUT2D eigenvalue weighted by Gasteiger charge is -2.34. The minimum absolute atomic E-state index is 0.0343. The van der Waals surface area contributed by atoms with Crippen molar-refractivity contribution in [2.45, 2.75) is 62.6 Å². The summed E-state index contributed by atoms with van der Waals surface area (Å²) in [4.78, 5) is 29.5. The molecule has 254 valence electrons. The van der Waals surface area contributed by atoms with Crippen molar-refractivity contribution in [3.8, 4) is 23.0 Å². The van der Waals surface area contributed by atoms with E-state index in [4.69, 9.17) is 30.5 Å². The number of ether oxygens (including phenoxy) is 4. The van der Waals surface area contributed by atoms with E-state index in [0.717, 1.165) is 35.6 Å².